The summed E-state index contributed by atoms with van der Waals surface area (Å²) in [7, 11) is 0.748. The molecule has 0 spiro atoms. The van der Waals surface area contributed by atoms with E-state index < -0.39 is 16.9 Å². The summed E-state index contributed by atoms with van der Waals surface area (Å²) < 4.78 is 18.0. The zero-order valence-electron chi connectivity index (χ0n) is 20.0. The molecule has 28 heavy (non-hydrogen) atoms. The predicted molar refractivity (Wildman–Crippen MR) is 135 cm³/mol. The summed E-state index contributed by atoms with van der Waals surface area (Å²) in [5.41, 5.74) is 0. The predicted octanol–water partition coefficient (Wildman–Crippen LogP) is 7.59. The Morgan fingerprint density at radius 2 is 1.07 bits per heavy atom. The van der Waals surface area contributed by atoms with Crippen molar-refractivity contribution in [3.05, 3.63) is 0 Å². The summed E-state index contributed by atoms with van der Waals surface area (Å²) in [5.74, 6) is 4.03. The van der Waals surface area contributed by atoms with Crippen LogP contribution in [0.2, 0.25) is 31.7 Å². The Hall–Kier alpha value is 1.01. The molecule has 0 N–H and O–H groups in total. The quantitative estimate of drug-likeness (QED) is 0.111. The summed E-state index contributed by atoms with van der Waals surface area (Å²) in [6.07, 6.45) is 5.25. The van der Waals surface area contributed by atoms with Gasteiger partial charge in [0, 0.05) is 45.4 Å². The molecule has 0 amide bonds. The van der Waals surface area contributed by atoms with Crippen molar-refractivity contribution in [1.82, 2.24) is 0 Å². The molecule has 0 radical (unpaired) electrons. The lowest BCUT2D eigenvalue weighted by Gasteiger charge is -2.30. The van der Waals surface area contributed by atoms with Gasteiger partial charge < -0.3 is 13.3 Å². The number of hydrogen-bond donors (Lipinski definition) is 0. The van der Waals surface area contributed by atoms with Crippen LogP contribution in [0.25, 0.3) is 0 Å². The molecule has 0 aromatic carbocycles. The lowest BCUT2D eigenvalue weighted by Crippen LogP contribution is -2.47. The van der Waals surface area contributed by atoms with E-state index in [9.17, 15) is 0 Å². The summed E-state index contributed by atoms with van der Waals surface area (Å²) in [6.45, 7) is 20.3. The van der Waals surface area contributed by atoms with E-state index >= 15 is 0 Å². The highest BCUT2D eigenvalue weighted by Crippen LogP contribution is 2.29. The SMILES string of the molecule is CCO[Si](CC(C)CCCSSCCCC(C)C[Si](C)(C)C)(OCC)OCC. The molecule has 2 atom stereocenters. The third kappa shape index (κ3) is 15.8. The van der Waals surface area contributed by atoms with E-state index in [0.717, 1.165) is 12.0 Å². The first-order valence-electron chi connectivity index (χ1n) is 11.3. The zero-order chi connectivity index (χ0) is 21.5. The van der Waals surface area contributed by atoms with Gasteiger partial charge in [-0.2, -0.15) is 0 Å². The molecule has 0 aliphatic heterocycles. The summed E-state index contributed by atoms with van der Waals surface area (Å²) in [5, 5.41) is 0. The van der Waals surface area contributed by atoms with Gasteiger partial charge in [-0.15, -0.1) is 0 Å². The summed E-state index contributed by atoms with van der Waals surface area (Å²) in [4.78, 5) is 0. The van der Waals surface area contributed by atoms with E-state index in [4.69, 9.17) is 13.3 Å². The lowest BCUT2D eigenvalue weighted by atomic mass is 10.1. The fourth-order valence-electron chi connectivity index (χ4n) is 3.74. The van der Waals surface area contributed by atoms with Crippen LogP contribution >= 0.6 is 21.6 Å². The number of hydrogen-bond acceptors (Lipinski definition) is 5. The first-order chi connectivity index (χ1) is 13.2. The Labute approximate surface area is 186 Å². The normalized spacial score (nSPS) is 15.0. The van der Waals surface area contributed by atoms with E-state index in [0.29, 0.717) is 25.7 Å². The molecule has 0 aliphatic rings. The van der Waals surface area contributed by atoms with Crippen LogP contribution in [0.4, 0.5) is 0 Å². The molecule has 0 rings (SSSR count). The van der Waals surface area contributed by atoms with Crippen molar-refractivity contribution in [2.45, 2.75) is 92.0 Å². The maximum absolute atomic E-state index is 5.99. The van der Waals surface area contributed by atoms with Crippen LogP contribution in [-0.2, 0) is 13.3 Å². The van der Waals surface area contributed by atoms with Crippen molar-refractivity contribution in [2.75, 3.05) is 31.3 Å². The van der Waals surface area contributed by atoms with Gasteiger partial charge in [0.25, 0.3) is 0 Å². The lowest BCUT2D eigenvalue weighted by molar-refractivity contribution is 0.0673. The smallest absolute Gasteiger partial charge is 0.374 e. The van der Waals surface area contributed by atoms with Gasteiger partial charge in [-0.1, -0.05) is 67.5 Å². The first kappa shape index (κ1) is 29.0. The Balaban J connectivity index is 3.89. The molecule has 0 heterocycles. The molecule has 0 saturated heterocycles. The molecule has 0 aromatic rings. The van der Waals surface area contributed by atoms with Crippen molar-refractivity contribution in [2.24, 2.45) is 11.8 Å². The molecular weight excluding hydrogens is 421 g/mol. The molecular formula is C21H48O3S2Si2. The molecule has 0 saturated carbocycles. The van der Waals surface area contributed by atoms with Gasteiger partial charge in [-0.05, 0) is 51.9 Å². The van der Waals surface area contributed by atoms with Crippen molar-refractivity contribution in [3.63, 3.8) is 0 Å². The molecule has 0 fully saturated rings. The molecule has 0 bridgehead atoms. The average molecular weight is 469 g/mol. The third-order valence-electron chi connectivity index (χ3n) is 4.58. The first-order valence-corrected chi connectivity index (χ1v) is 19.5. The third-order valence-corrected chi connectivity index (χ3v) is 12.5. The van der Waals surface area contributed by atoms with Crippen LogP contribution in [0, 0.1) is 11.8 Å². The van der Waals surface area contributed by atoms with Crippen LogP contribution < -0.4 is 0 Å². The summed E-state index contributed by atoms with van der Waals surface area (Å²) in [6, 6.07) is 2.41. The Morgan fingerprint density at radius 1 is 0.679 bits per heavy atom. The van der Waals surface area contributed by atoms with Gasteiger partial charge in [0.2, 0.25) is 0 Å². The van der Waals surface area contributed by atoms with Crippen LogP contribution in [0.15, 0.2) is 0 Å². The van der Waals surface area contributed by atoms with Crippen molar-refractivity contribution >= 4 is 38.5 Å². The van der Waals surface area contributed by atoms with Crippen molar-refractivity contribution < 1.29 is 13.3 Å². The van der Waals surface area contributed by atoms with Gasteiger partial charge in [-0.25, -0.2) is 0 Å². The van der Waals surface area contributed by atoms with Crippen LogP contribution in [0.1, 0.15) is 60.3 Å². The van der Waals surface area contributed by atoms with Crippen LogP contribution in [0.5, 0.6) is 0 Å². The molecule has 0 aromatic heterocycles. The Morgan fingerprint density at radius 3 is 1.43 bits per heavy atom. The van der Waals surface area contributed by atoms with Gasteiger partial charge in [0.1, 0.15) is 0 Å². The topological polar surface area (TPSA) is 27.7 Å². The largest absolute Gasteiger partial charge is 0.501 e. The maximum atomic E-state index is 5.99. The molecule has 170 valence electrons. The second kappa shape index (κ2) is 16.7. The highest BCUT2D eigenvalue weighted by Gasteiger charge is 2.41. The molecule has 0 aliphatic carbocycles. The zero-order valence-corrected chi connectivity index (χ0v) is 23.6. The van der Waals surface area contributed by atoms with Gasteiger partial charge in [0.05, 0.1) is 0 Å². The average Bonchev–Trinajstić information content (AvgIpc) is 2.56. The molecule has 7 heteroatoms. The van der Waals surface area contributed by atoms with Gasteiger partial charge in [0.15, 0.2) is 0 Å². The van der Waals surface area contributed by atoms with Crippen LogP contribution in [0.3, 0.4) is 0 Å². The maximum Gasteiger partial charge on any atom is 0.501 e. The standard InChI is InChI=1S/C21H48O3S2Si2/c1-9-22-28(23-10-2,24-11-3)19-21(5)15-13-17-26-25-16-12-14-20(4)18-27(6,7)8/h20-21H,9-19H2,1-8H3. The minimum Gasteiger partial charge on any atom is -0.374 e. The second-order valence-electron chi connectivity index (χ2n) is 9.09. The Bertz CT molecular complexity index is 351. The molecule has 3 nitrogen and oxygen atoms in total. The summed E-state index contributed by atoms with van der Waals surface area (Å²) >= 11 is 0. The van der Waals surface area contributed by atoms with Gasteiger partial charge >= 0.3 is 8.80 Å². The van der Waals surface area contributed by atoms with E-state index in [1.165, 1.54) is 43.2 Å². The number of rotatable bonds is 19. The fraction of sp³-hybridized carbons (Fsp3) is 1.00. The molecule has 2 unspecified atom stereocenters. The highest BCUT2D eigenvalue weighted by atomic mass is 33.1. The monoisotopic (exact) mass is 468 g/mol. The van der Waals surface area contributed by atoms with E-state index in [-0.39, 0.29) is 0 Å². The van der Waals surface area contributed by atoms with Crippen molar-refractivity contribution in [3.8, 4) is 0 Å². The fourth-order valence-corrected chi connectivity index (χ4v) is 11.2. The minimum absolute atomic E-state index is 0.587. The van der Waals surface area contributed by atoms with Crippen molar-refractivity contribution in [1.29, 1.82) is 0 Å². The van der Waals surface area contributed by atoms with E-state index in [1.807, 2.05) is 20.8 Å². The highest BCUT2D eigenvalue weighted by molar-refractivity contribution is 8.76. The minimum atomic E-state index is -2.48. The second-order valence-corrected chi connectivity index (χ2v) is 20.0. The van der Waals surface area contributed by atoms with Crippen LogP contribution in [-0.4, -0.2) is 48.2 Å². The Kier molecular flexibility index (Phi) is 17.3. The van der Waals surface area contributed by atoms with Gasteiger partial charge in [-0.3, -0.25) is 0 Å². The van der Waals surface area contributed by atoms with E-state index in [1.54, 1.807) is 0 Å². The van der Waals surface area contributed by atoms with E-state index in [2.05, 4.69) is 55.1 Å².